The maximum absolute atomic E-state index is 5.84. The molecule has 2 nitrogen and oxygen atoms in total. The minimum atomic E-state index is 0.168. The number of rotatable bonds is 4. The van der Waals surface area contributed by atoms with Crippen molar-refractivity contribution in [1.29, 1.82) is 0 Å². The molecule has 0 aliphatic rings. The first-order valence-corrected chi connectivity index (χ1v) is 6.29. The van der Waals surface area contributed by atoms with Gasteiger partial charge in [-0.15, -0.1) is 11.3 Å². The zero-order chi connectivity index (χ0) is 11.4. The van der Waals surface area contributed by atoms with Crippen molar-refractivity contribution < 1.29 is 0 Å². The molecule has 0 bridgehead atoms. The Morgan fingerprint density at radius 1 is 1.25 bits per heavy atom. The van der Waals surface area contributed by atoms with E-state index >= 15 is 0 Å². The van der Waals surface area contributed by atoms with Gasteiger partial charge in [-0.1, -0.05) is 29.8 Å². The summed E-state index contributed by atoms with van der Waals surface area (Å²) in [5, 5.41) is 2.82. The standard InChI is InChI=1S/C12H13ClN2S/c13-10-5-3-9(4-6-10)8-11(15-14)12-2-1-7-16-12/h1-7,11,15H,8,14H2. The molecule has 0 aliphatic carbocycles. The number of halogens is 1. The fourth-order valence-electron chi connectivity index (χ4n) is 1.59. The van der Waals surface area contributed by atoms with E-state index in [1.165, 1.54) is 10.4 Å². The van der Waals surface area contributed by atoms with Crippen molar-refractivity contribution in [2.75, 3.05) is 0 Å². The molecule has 2 rings (SSSR count). The van der Waals surface area contributed by atoms with Crippen LogP contribution in [-0.4, -0.2) is 0 Å². The van der Waals surface area contributed by atoms with Crippen LogP contribution in [-0.2, 0) is 6.42 Å². The molecule has 0 amide bonds. The van der Waals surface area contributed by atoms with Gasteiger partial charge >= 0.3 is 0 Å². The fraction of sp³-hybridized carbons (Fsp3) is 0.167. The first-order valence-electron chi connectivity index (χ1n) is 5.03. The average Bonchev–Trinajstić information content (AvgIpc) is 2.82. The number of nitrogens with two attached hydrogens (primary N) is 1. The molecule has 1 heterocycles. The van der Waals surface area contributed by atoms with E-state index in [1.54, 1.807) is 11.3 Å². The molecule has 84 valence electrons. The lowest BCUT2D eigenvalue weighted by atomic mass is 10.1. The van der Waals surface area contributed by atoms with E-state index in [9.17, 15) is 0 Å². The Morgan fingerprint density at radius 2 is 2.00 bits per heavy atom. The van der Waals surface area contributed by atoms with Crippen LogP contribution >= 0.6 is 22.9 Å². The minimum Gasteiger partial charge on any atom is -0.271 e. The molecular formula is C12H13ClN2S. The average molecular weight is 253 g/mol. The van der Waals surface area contributed by atoms with E-state index in [1.807, 2.05) is 30.3 Å². The lowest BCUT2D eigenvalue weighted by Gasteiger charge is -2.14. The number of nitrogens with one attached hydrogen (secondary N) is 1. The number of hydrogen-bond acceptors (Lipinski definition) is 3. The largest absolute Gasteiger partial charge is 0.271 e. The smallest absolute Gasteiger partial charge is 0.0593 e. The molecule has 4 heteroatoms. The van der Waals surface area contributed by atoms with Gasteiger partial charge in [0, 0.05) is 9.90 Å². The summed E-state index contributed by atoms with van der Waals surface area (Å²) in [6.45, 7) is 0. The molecule has 0 fully saturated rings. The van der Waals surface area contributed by atoms with E-state index in [-0.39, 0.29) is 6.04 Å². The van der Waals surface area contributed by atoms with Crippen LogP contribution < -0.4 is 11.3 Å². The van der Waals surface area contributed by atoms with E-state index < -0.39 is 0 Å². The van der Waals surface area contributed by atoms with Gasteiger partial charge in [0.05, 0.1) is 6.04 Å². The van der Waals surface area contributed by atoms with Crippen molar-refractivity contribution in [2.24, 2.45) is 5.84 Å². The molecule has 1 atom stereocenters. The van der Waals surface area contributed by atoms with Crippen LogP contribution in [0.3, 0.4) is 0 Å². The van der Waals surface area contributed by atoms with Crippen molar-refractivity contribution in [3.63, 3.8) is 0 Å². The normalized spacial score (nSPS) is 12.6. The summed E-state index contributed by atoms with van der Waals surface area (Å²) in [6, 6.07) is 12.1. The first kappa shape index (κ1) is 11.6. The Morgan fingerprint density at radius 3 is 2.56 bits per heavy atom. The maximum atomic E-state index is 5.84. The van der Waals surface area contributed by atoms with Crippen molar-refractivity contribution in [2.45, 2.75) is 12.5 Å². The Hall–Kier alpha value is -0.870. The van der Waals surface area contributed by atoms with Crippen LogP contribution in [0.15, 0.2) is 41.8 Å². The molecule has 0 aliphatic heterocycles. The Labute approximate surface area is 104 Å². The summed E-state index contributed by atoms with van der Waals surface area (Å²) in [4.78, 5) is 1.25. The topological polar surface area (TPSA) is 38.0 Å². The highest BCUT2D eigenvalue weighted by atomic mass is 35.5. The van der Waals surface area contributed by atoms with E-state index in [2.05, 4.69) is 16.9 Å². The lowest BCUT2D eigenvalue weighted by molar-refractivity contribution is 0.560. The highest BCUT2D eigenvalue weighted by Crippen LogP contribution is 2.22. The van der Waals surface area contributed by atoms with Crippen LogP contribution in [0.1, 0.15) is 16.5 Å². The van der Waals surface area contributed by atoms with Gasteiger partial charge < -0.3 is 0 Å². The lowest BCUT2D eigenvalue weighted by Crippen LogP contribution is -2.28. The third-order valence-electron chi connectivity index (χ3n) is 2.44. The third-order valence-corrected chi connectivity index (χ3v) is 3.68. The minimum absolute atomic E-state index is 0.168. The van der Waals surface area contributed by atoms with Crippen LogP contribution in [0.25, 0.3) is 0 Å². The molecule has 3 N–H and O–H groups in total. The van der Waals surface area contributed by atoms with Crippen molar-refractivity contribution >= 4 is 22.9 Å². The highest BCUT2D eigenvalue weighted by molar-refractivity contribution is 7.10. The summed E-state index contributed by atoms with van der Waals surface area (Å²) in [6.07, 6.45) is 0.869. The van der Waals surface area contributed by atoms with Gasteiger partial charge in [-0.05, 0) is 35.6 Å². The molecule has 16 heavy (non-hydrogen) atoms. The second-order valence-corrected chi connectivity index (χ2v) is 4.98. The number of thiophene rings is 1. The number of hydrazine groups is 1. The summed E-state index contributed by atoms with van der Waals surface area (Å²) < 4.78 is 0. The maximum Gasteiger partial charge on any atom is 0.0593 e. The second-order valence-electron chi connectivity index (χ2n) is 3.57. The van der Waals surface area contributed by atoms with Crippen LogP contribution in [0.4, 0.5) is 0 Å². The van der Waals surface area contributed by atoms with Crippen LogP contribution in [0, 0.1) is 0 Å². The predicted molar refractivity (Wildman–Crippen MR) is 69.5 cm³/mol. The molecule has 1 aromatic carbocycles. The highest BCUT2D eigenvalue weighted by Gasteiger charge is 2.11. The van der Waals surface area contributed by atoms with Gasteiger partial charge in [0.15, 0.2) is 0 Å². The summed E-state index contributed by atoms with van der Waals surface area (Å²) in [5.74, 6) is 5.57. The molecule has 0 saturated heterocycles. The SMILES string of the molecule is NNC(Cc1ccc(Cl)cc1)c1cccs1. The van der Waals surface area contributed by atoms with Gasteiger partial charge in [0.2, 0.25) is 0 Å². The zero-order valence-electron chi connectivity index (χ0n) is 8.69. The third kappa shape index (κ3) is 2.83. The number of benzene rings is 1. The van der Waals surface area contributed by atoms with Crippen molar-refractivity contribution in [3.8, 4) is 0 Å². The molecule has 0 saturated carbocycles. The predicted octanol–water partition coefficient (Wildman–Crippen LogP) is 3.15. The van der Waals surface area contributed by atoms with E-state index in [0.717, 1.165) is 11.4 Å². The van der Waals surface area contributed by atoms with E-state index in [0.29, 0.717) is 0 Å². The fourth-order valence-corrected chi connectivity index (χ4v) is 2.50. The second kappa shape index (κ2) is 5.46. The van der Waals surface area contributed by atoms with Crippen LogP contribution in [0.2, 0.25) is 5.02 Å². The first-order chi connectivity index (χ1) is 7.79. The monoisotopic (exact) mass is 252 g/mol. The van der Waals surface area contributed by atoms with Crippen molar-refractivity contribution in [3.05, 3.63) is 57.2 Å². The van der Waals surface area contributed by atoms with Crippen LogP contribution in [0.5, 0.6) is 0 Å². The Bertz CT molecular complexity index is 425. The van der Waals surface area contributed by atoms with Crippen molar-refractivity contribution in [1.82, 2.24) is 5.43 Å². The molecular weight excluding hydrogens is 240 g/mol. The Kier molecular flexibility index (Phi) is 3.96. The van der Waals surface area contributed by atoms with Gasteiger partial charge in [-0.3, -0.25) is 11.3 Å². The summed E-state index contributed by atoms with van der Waals surface area (Å²) in [5.41, 5.74) is 4.07. The van der Waals surface area contributed by atoms with Gasteiger partial charge in [-0.25, -0.2) is 0 Å². The molecule has 1 aromatic heterocycles. The molecule has 1 unspecified atom stereocenters. The number of hydrogen-bond donors (Lipinski definition) is 2. The quantitative estimate of drug-likeness (QED) is 0.648. The molecule has 0 spiro atoms. The summed E-state index contributed by atoms with van der Waals surface area (Å²) in [7, 11) is 0. The van der Waals surface area contributed by atoms with Gasteiger partial charge in [0.1, 0.15) is 0 Å². The summed E-state index contributed by atoms with van der Waals surface area (Å²) >= 11 is 7.55. The molecule has 2 aromatic rings. The zero-order valence-corrected chi connectivity index (χ0v) is 10.3. The van der Waals surface area contributed by atoms with Gasteiger partial charge in [0.25, 0.3) is 0 Å². The Balaban J connectivity index is 2.10. The van der Waals surface area contributed by atoms with Gasteiger partial charge in [-0.2, -0.15) is 0 Å². The van der Waals surface area contributed by atoms with E-state index in [4.69, 9.17) is 17.4 Å². The molecule has 0 radical (unpaired) electrons.